The Morgan fingerprint density at radius 1 is 1.26 bits per heavy atom. The first-order valence-electron chi connectivity index (χ1n) is 5.04. The van der Waals surface area contributed by atoms with E-state index in [1.807, 2.05) is 0 Å². The summed E-state index contributed by atoms with van der Waals surface area (Å²) in [6.07, 6.45) is -5.03. The molecule has 4 N–H and O–H groups in total. The molecule has 0 heterocycles. The number of halogens is 3. The number of nitrogens with two attached hydrogens (primary N) is 1. The molecule has 0 fully saturated rings. The van der Waals surface area contributed by atoms with Crippen molar-refractivity contribution < 1.29 is 33.0 Å². The molecule has 0 amide bonds. The summed E-state index contributed by atoms with van der Waals surface area (Å²) in [6, 6.07) is 0.701. The van der Waals surface area contributed by atoms with Crippen molar-refractivity contribution in [1.29, 1.82) is 0 Å². The Kier molecular flexibility index (Phi) is 4.15. The number of benzene rings is 1. The van der Waals surface area contributed by atoms with Crippen LogP contribution in [-0.2, 0) is 17.4 Å². The van der Waals surface area contributed by atoms with Crippen molar-refractivity contribution in [2.45, 2.75) is 18.6 Å². The van der Waals surface area contributed by atoms with Crippen LogP contribution in [-0.4, -0.2) is 28.2 Å². The smallest absolute Gasteiger partial charge is 0.416 e. The molecule has 104 valence electrons. The van der Waals surface area contributed by atoms with Crippen LogP contribution in [0.25, 0.3) is 0 Å². The lowest BCUT2D eigenvalue weighted by Crippen LogP contribution is -2.32. The Labute approximate surface area is 105 Å². The lowest BCUT2D eigenvalue weighted by Gasteiger charge is -2.12. The van der Waals surface area contributed by atoms with Crippen molar-refractivity contribution in [2.24, 2.45) is 5.73 Å². The third kappa shape index (κ3) is 3.68. The average Bonchev–Trinajstić information content (AvgIpc) is 2.27. The van der Waals surface area contributed by atoms with Crippen molar-refractivity contribution >= 4 is 11.9 Å². The fraction of sp³-hybridized carbons (Fsp3) is 0.273. The molecule has 0 aromatic heterocycles. The zero-order chi connectivity index (χ0) is 14.8. The third-order valence-corrected chi connectivity index (χ3v) is 2.42. The van der Waals surface area contributed by atoms with E-state index in [1.54, 1.807) is 0 Å². The number of aromatic carboxylic acids is 1. The Morgan fingerprint density at radius 2 is 1.84 bits per heavy atom. The summed E-state index contributed by atoms with van der Waals surface area (Å²) >= 11 is 0. The highest BCUT2D eigenvalue weighted by atomic mass is 19.4. The minimum atomic E-state index is -4.67. The van der Waals surface area contributed by atoms with Crippen molar-refractivity contribution in [3.63, 3.8) is 0 Å². The van der Waals surface area contributed by atoms with Crippen LogP contribution in [0.5, 0.6) is 0 Å². The van der Waals surface area contributed by atoms with Crippen molar-refractivity contribution in [3.05, 3.63) is 34.9 Å². The average molecular weight is 277 g/mol. The van der Waals surface area contributed by atoms with Gasteiger partial charge in [-0.25, -0.2) is 4.79 Å². The number of alkyl halides is 3. The fourth-order valence-electron chi connectivity index (χ4n) is 1.45. The first kappa shape index (κ1) is 15.0. The molecule has 1 atom stereocenters. The van der Waals surface area contributed by atoms with Gasteiger partial charge in [0, 0.05) is 0 Å². The highest BCUT2D eigenvalue weighted by molar-refractivity contribution is 5.90. The van der Waals surface area contributed by atoms with Crippen molar-refractivity contribution in [3.8, 4) is 0 Å². The molecule has 1 aromatic carbocycles. The van der Waals surface area contributed by atoms with Gasteiger partial charge in [0.15, 0.2) is 0 Å². The van der Waals surface area contributed by atoms with Crippen molar-refractivity contribution in [2.75, 3.05) is 0 Å². The van der Waals surface area contributed by atoms with Gasteiger partial charge < -0.3 is 15.9 Å². The number of carboxylic acid groups (broad SMARTS) is 2. The number of aliphatic carboxylic acids is 1. The standard InChI is InChI=1S/C11H10F3NO4/c12-11(13,14)6-2-1-5(3-8(15)10(18)19)7(4-6)9(16)17/h1-2,4,8H,3,15H2,(H,16,17)(H,18,19). The molecule has 0 bridgehead atoms. The second-order valence-electron chi connectivity index (χ2n) is 3.82. The minimum absolute atomic E-state index is 0.0598. The van der Waals surface area contributed by atoms with Crippen LogP contribution in [0.3, 0.4) is 0 Å². The molecule has 0 spiro atoms. The topological polar surface area (TPSA) is 101 Å². The minimum Gasteiger partial charge on any atom is -0.480 e. The maximum absolute atomic E-state index is 12.4. The summed E-state index contributed by atoms with van der Waals surface area (Å²) in [5.41, 5.74) is 3.45. The lowest BCUT2D eigenvalue weighted by molar-refractivity contribution is -0.139. The van der Waals surface area contributed by atoms with Gasteiger partial charge in [-0.05, 0) is 24.1 Å². The number of hydrogen-bond acceptors (Lipinski definition) is 3. The monoisotopic (exact) mass is 277 g/mol. The van der Waals surface area contributed by atoms with E-state index in [9.17, 15) is 22.8 Å². The van der Waals surface area contributed by atoms with E-state index in [1.165, 1.54) is 0 Å². The van der Waals surface area contributed by atoms with E-state index in [-0.39, 0.29) is 12.0 Å². The van der Waals surface area contributed by atoms with E-state index < -0.39 is 35.3 Å². The van der Waals surface area contributed by atoms with E-state index in [4.69, 9.17) is 15.9 Å². The summed E-state index contributed by atoms with van der Waals surface area (Å²) in [6.45, 7) is 0. The number of carboxylic acids is 2. The van der Waals surface area contributed by atoms with Gasteiger partial charge in [0.05, 0.1) is 11.1 Å². The Hall–Kier alpha value is -2.09. The van der Waals surface area contributed by atoms with Gasteiger partial charge in [-0.2, -0.15) is 13.2 Å². The van der Waals surface area contributed by atoms with Gasteiger partial charge in [-0.15, -0.1) is 0 Å². The molecule has 1 rings (SSSR count). The first-order valence-corrected chi connectivity index (χ1v) is 5.04. The Balaban J connectivity index is 3.19. The van der Waals surface area contributed by atoms with E-state index in [2.05, 4.69) is 0 Å². The van der Waals surface area contributed by atoms with E-state index in [0.717, 1.165) is 6.07 Å². The van der Waals surface area contributed by atoms with Gasteiger partial charge >= 0.3 is 18.1 Å². The molecule has 19 heavy (non-hydrogen) atoms. The predicted octanol–water partition coefficient (Wildman–Crippen LogP) is 1.36. The molecule has 8 heteroatoms. The second kappa shape index (κ2) is 5.27. The molecule has 1 unspecified atom stereocenters. The summed E-state index contributed by atoms with van der Waals surface area (Å²) < 4.78 is 37.3. The zero-order valence-corrected chi connectivity index (χ0v) is 9.44. The van der Waals surface area contributed by atoms with Crippen LogP contribution in [0.15, 0.2) is 18.2 Å². The third-order valence-electron chi connectivity index (χ3n) is 2.42. The summed E-state index contributed by atoms with van der Waals surface area (Å²) in [5, 5.41) is 17.5. The molecule has 0 aliphatic heterocycles. The quantitative estimate of drug-likeness (QED) is 0.771. The molecule has 0 saturated carbocycles. The van der Waals surface area contributed by atoms with E-state index in [0.29, 0.717) is 12.1 Å². The molecule has 0 aliphatic carbocycles. The number of hydrogen-bond donors (Lipinski definition) is 3. The number of rotatable bonds is 4. The fourth-order valence-corrected chi connectivity index (χ4v) is 1.45. The van der Waals surface area contributed by atoms with Crippen LogP contribution in [0.2, 0.25) is 0 Å². The van der Waals surface area contributed by atoms with Crippen LogP contribution in [0, 0.1) is 0 Å². The highest BCUT2D eigenvalue weighted by Crippen LogP contribution is 2.30. The van der Waals surface area contributed by atoms with Gasteiger partial charge in [0.2, 0.25) is 0 Å². The molecule has 1 aromatic rings. The largest absolute Gasteiger partial charge is 0.480 e. The molecular formula is C11H10F3NO4. The summed E-state index contributed by atoms with van der Waals surface area (Å²) in [7, 11) is 0. The van der Waals surface area contributed by atoms with Crippen LogP contribution >= 0.6 is 0 Å². The maximum atomic E-state index is 12.4. The Morgan fingerprint density at radius 3 is 2.26 bits per heavy atom. The zero-order valence-electron chi connectivity index (χ0n) is 9.44. The van der Waals surface area contributed by atoms with Crippen molar-refractivity contribution in [1.82, 2.24) is 0 Å². The van der Waals surface area contributed by atoms with Gasteiger partial charge in [0.1, 0.15) is 6.04 Å². The van der Waals surface area contributed by atoms with Crippen LogP contribution < -0.4 is 5.73 Å². The molecule has 0 saturated heterocycles. The summed E-state index contributed by atoms with van der Waals surface area (Å²) in [4.78, 5) is 21.5. The number of carbonyl (C=O) groups is 2. The van der Waals surface area contributed by atoms with Gasteiger partial charge in [-0.3, -0.25) is 4.79 Å². The molecular weight excluding hydrogens is 267 g/mol. The molecule has 0 radical (unpaired) electrons. The maximum Gasteiger partial charge on any atom is 0.416 e. The normalized spacial score (nSPS) is 13.1. The van der Waals surface area contributed by atoms with Gasteiger partial charge in [0.25, 0.3) is 0 Å². The predicted molar refractivity (Wildman–Crippen MR) is 57.7 cm³/mol. The van der Waals surface area contributed by atoms with Gasteiger partial charge in [-0.1, -0.05) is 6.07 Å². The van der Waals surface area contributed by atoms with Crippen LogP contribution in [0.4, 0.5) is 13.2 Å². The van der Waals surface area contributed by atoms with Crippen LogP contribution in [0.1, 0.15) is 21.5 Å². The first-order chi connectivity index (χ1) is 8.62. The SMILES string of the molecule is NC(Cc1ccc(C(F)(F)F)cc1C(=O)O)C(=O)O. The molecule has 0 aliphatic rings. The Bertz CT molecular complexity index is 513. The lowest BCUT2D eigenvalue weighted by atomic mass is 9.98. The summed E-state index contributed by atoms with van der Waals surface area (Å²) in [5.74, 6) is -2.94. The van der Waals surface area contributed by atoms with E-state index >= 15 is 0 Å². The highest BCUT2D eigenvalue weighted by Gasteiger charge is 2.32. The second-order valence-corrected chi connectivity index (χ2v) is 3.82. The molecule has 5 nitrogen and oxygen atoms in total.